The minimum absolute atomic E-state index is 0.245. The third-order valence-corrected chi connectivity index (χ3v) is 3.67. The lowest BCUT2D eigenvalue weighted by atomic mass is 10.1. The normalized spacial score (nSPS) is 10.5. The number of hydrogen-bond acceptors (Lipinski definition) is 4. The Morgan fingerprint density at radius 2 is 1.70 bits per heavy atom. The number of ether oxygens (including phenoxy) is 2. The number of rotatable bonds is 7. The van der Waals surface area contributed by atoms with Crippen molar-refractivity contribution in [2.75, 3.05) is 13.2 Å². The molecule has 142 valence electrons. The number of carbonyl (C=O) groups excluding carboxylic acids is 2. The summed E-state index contributed by atoms with van der Waals surface area (Å²) in [5, 5.41) is 0. The zero-order valence-corrected chi connectivity index (χ0v) is 15.7. The van der Waals surface area contributed by atoms with Gasteiger partial charge in [-0.05, 0) is 50.1 Å². The van der Waals surface area contributed by atoms with Crippen LogP contribution in [0.2, 0.25) is 0 Å². The first kappa shape index (κ1) is 20.0. The van der Waals surface area contributed by atoms with E-state index in [-0.39, 0.29) is 6.61 Å². The van der Waals surface area contributed by atoms with Crippen molar-refractivity contribution in [1.82, 2.24) is 10.9 Å². The molecule has 0 aliphatic heterocycles. The van der Waals surface area contributed by atoms with Crippen LogP contribution in [0.3, 0.4) is 0 Å². The van der Waals surface area contributed by atoms with Gasteiger partial charge in [-0.1, -0.05) is 35.9 Å². The summed E-state index contributed by atoms with van der Waals surface area (Å²) in [5.41, 5.74) is 7.81. The van der Waals surface area contributed by atoms with Crippen molar-refractivity contribution in [3.63, 3.8) is 0 Å². The maximum absolute atomic E-state index is 11.8. The van der Waals surface area contributed by atoms with Crippen molar-refractivity contribution in [2.24, 2.45) is 0 Å². The van der Waals surface area contributed by atoms with Crippen LogP contribution < -0.4 is 20.3 Å². The second-order valence-corrected chi connectivity index (χ2v) is 5.90. The predicted octanol–water partition coefficient (Wildman–Crippen LogP) is 2.94. The Morgan fingerprint density at radius 3 is 2.37 bits per heavy atom. The second kappa shape index (κ2) is 10.0. The van der Waals surface area contributed by atoms with E-state index < -0.39 is 11.8 Å². The van der Waals surface area contributed by atoms with Crippen LogP contribution >= 0.6 is 0 Å². The van der Waals surface area contributed by atoms with E-state index in [1.807, 2.05) is 45.0 Å². The molecule has 0 aromatic heterocycles. The molecule has 2 aromatic rings. The first-order valence-corrected chi connectivity index (χ1v) is 8.68. The molecule has 0 spiro atoms. The summed E-state index contributed by atoms with van der Waals surface area (Å²) in [7, 11) is 0. The lowest BCUT2D eigenvalue weighted by Gasteiger charge is -2.11. The molecular formula is C21H24N2O4. The van der Waals surface area contributed by atoms with Crippen LogP contribution in [0.15, 0.2) is 48.5 Å². The van der Waals surface area contributed by atoms with Gasteiger partial charge in [-0.25, -0.2) is 0 Å². The number of hydrogen-bond donors (Lipinski definition) is 2. The monoisotopic (exact) mass is 368 g/mol. The van der Waals surface area contributed by atoms with E-state index in [9.17, 15) is 9.59 Å². The van der Waals surface area contributed by atoms with E-state index >= 15 is 0 Å². The van der Waals surface area contributed by atoms with Gasteiger partial charge < -0.3 is 9.47 Å². The maximum atomic E-state index is 11.8. The van der Waals surface area contributed by atoms with Crippen LogP contribution in [-0.2, 0) is 9.59 Å². The first-order chi connectivity index (χ1) is 13.0. The second-order valence-electron chi connectivity index (χ2n) is 5.90. The van der Waals surface area contributed by atoms with Gasteiger partial charge in [0, 0.05) is 6.08 Å². The molecule has 0 unspecified atom stereocenters. The van der Waals surface area contributed by atoms with Gasteiger partial charge in [-0.2, -0.15) is 0 Å². The summed E-state index contributed by atoms with van der Waals surface area (Å²) in [4.78, 5) is 23.7. The van der Waals surface area contributed by atoms with E-state index in [1.54, 1.807) is 24.3 Å². The Kier molecular flexibility index (Phi) is 7.43. The van der Waals surface area contributed by atoms with Crippen LogP contribution in [0.4, 0.5) is 0 Å². The SMILES string of the molecule is CCOc1ccccc1OCC(=O)NNC(=O)/C=C/c1ccc(C)cc1C. The van der Waals surface area contributed by atoms with Crippen molar-refractivity contribution in [2.45, 2.75) is 20.8 Å². The average Bonchev–Trinajstić information content (AvgIpc) is 2.65. The largest absolute Gasteiger partial charge is 0.490 e. The standard InChI is InChI=1S/C21H24N2O4/c1-4-26-18-7-5-6-8-19(18)27-14-21(25)23-22-20(24)12-11-17-10-9-15(2)13-16(17)3/h5-13H,4,14H2,1-3H3,(H,22,24)(H,23,25)/b12-11+. The van der Waals surface area contributed by atoms with Gasteiger partial charge in [0.2, 0.25) is 0 Å². The Morgan fingerprint density at radius 1 is 1.00 bits per heavy atom. The summed E-state index contributed by atoms with van der Waals surface area (Å²) in [6.07, 6.45) is 3.06. The van der Waals surface area contributed by atoms with Crippen LogP contribution in [0.1, 0.15) is 23.6 Å². The molecule has 2 amide bonds. The third kappa shape index (κ3) is 6.51. The Balaban J connectivity index is 1.80. The van der Waals surface area contributed by atoms with Crippen molar-refractivity contribution < 1.29 is 19.1 Å². The quantitative estimate of drug-likeness (QED) is 0.582. The van der Waals surface area contributed by atoms with Gasteiger partial charge in [-0.3, -0.25) is 20.4 Å². The summed E-state index contributed by atoms with van der Waals surface area (Å²) >= 11 is 0. The number of amides is 2. The van der Waals surface area contributed by atoms with Gasteiger partial charge in [0.25, 0.3) is 11.8 Å². The molecule has 0 aliphatic rings. The molecule has 0 heterocycles. The van der Waals surface area contributed by atoms with Crippen LogP contribution in [0.25, 0.3) is 6.08 Å². The molecule has 27 heavy (non-hydrogen) atoms. The summed E-state index contributed by atoms with van der Waals surface area (Å²) in [6.45, 7) is 6.10. The molecule has 0 saturated carbocycles. The van der Waals surface area contributed by atoms with Crippen molar-refractivity contribution in [3.8, 4) is 11.5 Å². The van der Waals surface area contributed by atoms with E-state index in [0.717, 1.165) is 16.7 Å². The minimum Gasteiger partial charge on any atom is -0.490 e. The zero-order valence-electron chi connectivity index (χ0n) is 15.7. The number of aryl methyl sites for hydroxylation is 2. The van der Waals surface area contributed by atoms with Crippen LogP contribution in [-0.4, -0.2) is 25.0 Å². The number of para-hydroxylation sites is 2. The number of nitrogens with one attached hydrogen (secondary N) is 2. The first-order valence-electron chi connectivity index (χ1n) is 8.68. The summed E-state index contributed by atoms with van der Waals surface area (Å²) < 4.78 is 10.9. The Labute approximate surface area is 159 Å². The van der Waals surface area contributed by atoms with Gasteiger partial charge in [0.05, 0.1) is 6.61 Å². The molecule has 0 bridgehead atoms. The van der Waals surface area contributed by atoms with E-state index in [0.29, 0.717) is 18.1 Å². The predicted molar refractivity (Wildman–Crippen MR) is 104 cm³/mol. The zero-order chi connectivity index (χ0) is 19.6. The highest BCUT2D eigenvalue weighted by atomic mass is 16.5. The summed E-state index contributed by atoms with van der Waals surface area (Å²) in [5.74, 6) is 0.122. The van der Waals surface area contributed by atoms with Crippen LogP contribution in [0, 0.1) is 13.8 Å². The van der Waals surface area contributed by atoms with E-state index in [4.69, 9.17) is 9.47 Å². The fraction of sp³-hybridized carbons (Fsp3) is 0.238. The van der Waals surface area contributed by atoms with Gasteiger partial charge >= 0.3 is 0 Å². The molecule has 6 heteroatoms. The number of benzene rings is 2. The Hall–Kier alpha value is -3.28. The molecule has 2 rings (SSSR count). The third-order valence-electron chi connectivity index (χ3n) is 3.67. The highest BCUT2D eigenvalue weighted by molar-refractivity contribution is 5.93. The smallest absolute Gasteiger partial charge is 0.276 e. The van der Waals surface area contributed by atoms with Gasteiger partial charge in [0.15, 0.2) is 18.1 Å². The molecule has 0 radical (unpaired) electrons. The van der Waals surface area contributed by atoms with Crippen molar-refractivity contribution >= 4 is 17.9 Å². The number of hydrazine groups is 1. The van der Waals surface area contributed by atoms with Crippen molar-refractivity contribution in [1.29, 1.82) is 0 Å². The van der Waals surface area contributed by atoms with Gasteiger partial charge in [0.1, 0.15) is 0 Å². The van der Waals surface area contributed by atoms with E-state index in [1.165, 1.54) is 6.08 Å². The molecule has 0 atom stereocenters. The molecule has 0 fully saturated rings. The van der Waals surface area contributed by atoms with Crippen LogP contribution in [0.5, 0.6) is 11.5 Å². The highest BCUT2D eigenvalue weighted by Gasteiger charge is 2.07. The lowest BCUT2D eigenvalue weighted by Crippen LogP contribution is -2.43. The molecular weight excluding hydrogens is 344 g/mol. The highest BCUT2D eigenvalue weighted by Crippen LogP contribution is 2.26. The molecule has 2 aromatic carbocycles. The molecule has 0 saturated heterocycles. The number of carbonyl (C=O) groups is 2. The fourth-order valence-corrected chi connectivity index (χ4v) is 2.37. The minimum atomic E-state index is -0.477. The molecule has 6 nitrogen and oxygen atoms in total. The van der Waals surface area contributed by atoms with Gasteiger partial charge in [-0.15, -0.1) is 0 Å². The topological polar surface area (TPSA) is 76.7 Å². The molecule has 0 aliphatic carbocycles. The van der Waals surface area contributed by atoms with E-state index in [2.05, 4.69) is 10.9 Å². The Bertz CT molecular complexity index is 831. The molecule has 2 N–H and O–H groups in total. The maximum Gasteiger partial charge on any atom is 0.276 e. The summed E-state index contributed by atoms with van der Waals surface area (Å²) in [6, 6.07) is 13.0. The van der Waals surface area contributed by atoms with Crippen molar-refractivity contribution in [3.05, 3.63) is 65.2 Å². The fourth-order valence-electron chi connectivity index (χ4n) is 2.37. The lowest BCUT2D eigenvalue weighted by molar-refractivity contribution is -0.128. The average molecular weight is 368 g/mol.